The highest BCUT2D eigenvalue weighted by Crippen LogP contribution is 2.41. The summed E-state index contributed by atoms with van der Waals surface area (Å²) in [6, 6.07) is 22.1. The minimum atomic E-state index is -1.35. The molecule has 4 aromatic rings. The van der Waals surface area contributed by atoms with E-state index in [-0.39, 0.29) is 49.5 Å². The molecule has 1 saturated carbocycles. The number of piperazine rings is 1. The lowest BCUT2D eigenvalue weighted by Gasteiger charge is -2.53. The third-order valence-electron chi connectivity index (χ3n) is 11.7. The molecule has 2 bridgehead atoms. The van der Waals surface area contributed by atoms with Crippen molar-refractivity contribution in [2.24, 2.45) is 5.92 Å². The van der Waals surface area contributed by atoms with Gasteiger partial charge in [0, 0.05) is 37.0 Å². The number of benzene rings is 3. The molecule has 3 saturated heterocycles. The Balaban J connectivity index is 1.14. The van der Waals surface area contributed by atoms with E-state index in [0.29, 0.717) is 23.0 Å². The Hall–Kier alpha value is -6.15. The number of carboxylic acid groups (broad SMARTS) is 1. The molecule has 1 aliphatic carbocycles. The Morgan fingerprint density at radius 1 is 0.828 bits per heavy atom. The summed E-state index contributed by atoms with van der Waals surface area (Å²) in [5.74, 6) is -4.17. The largest absolute Gasteiger partial charge is 0.481 e. The Bertz CT molecular complexity index is 2200. The van der Waals surface area contributed by atoms with Gasteiger partial charge in [0.25, 0.3) is 0 Å². The second-order valence-corrected chi connectivity index (χ2v) is 15.6. The van der Waals surface area contributed by atoms with Gasteiger partial charge in [0.15, 0.2) is 0 Å². The van der Waals surface area contributed by atoms with E-state index in [4.69, 9.17) is 0 Å². The number of nitrogens with one attached hydrogen (secondary N) is 3. The maximum absolute atomic E-state index is 14.3. The van der Waals surface area contributed by atoms with Crippen LogP contribution in [0.15, 0.2) is 91.1 Å². The van der Waals surface area contributed by atoms with Gasteiger partial charge in [-0.2, -0.15) is 0 Å². The summed E-state index contributed by atoms with van der Waals surface area (Å²) in [7, 11) is 1.80. The van der Waals surface area contributed by atoms with Crippen molar-refractivity contribution < 1.29 is 38.7 Å². The molecular formula is C44H48N6O8. The van der Waals surface area contributed by atoms with Gasteiger partial charge in [0.05, 0.1) is 24.4 Å². The first-order valence-electron chi connectivity index (χ1n) is 19.9. The van der Waals surface area contributed by atoms with E-state index in [1.165, 1.54) is 10.8 Å². The molecule has 3 aromatic carbocycles. The van der Waals surface area contributed by atoms with Crippen molar-refractivity contribution in [3.05, 3.63) is 108 Å². The third-order valence-corrected chi connectivity index (χ3v) is 11.7. The van der Waals surface area contributed by atoms with Crippen molar-refractivity contribution in [1.82, 2.24) is 30.3 Å². The van der Waals surface area contributed by atoms with E-state index < -0.39 is 60.2 Å². The first-order valence-corrected chi connectivity index (χ1v) is 19.9. The second kappa shape index (κ2) is 17.6. The molecule has 58 heavy (non-hydrogen) atoms. The molecule has 4 aliphatic rings. The van der Waals surface area contributed by atoms with Gasteiger partial charge in [0.2, 0.25) is 35.4 Å². The highest BCUT2D eigenvalue weighted by molar-refractivity contribution is 6.03. The van der Waals surface area contributed by atoms with Gasteiger partial charge in [0.1, 0.15) is 18.1 Å². The molecule has 4 unspecified atom stereocenters. The molecule has 14 nitrogen and oxygen atoms in total. The van der Waals surface area contributed by atoms with Crippen LogP contribution in [0.4, 0.5) is 0 Å². The third kappa shape index (κ3) is 8.86. The van der Waals surface area contributed by atoms with Crippen LogP contribution in [-0.2, 0) is 48.2 Å². The summed E-state index contributed by atoms with van der Waals surface area (Å²) in [5, 5.41) is 17.9. The fourth-order valence-corrected chi connectivity index (χ4v) is 8.83. The maximum Gasteiger partial charge on any atom is 0.303 e. The van der Waals surface area contributed by atoms with E-state index >= 15 is 0 Å². The Morgan fingerprint density at radius 2 is 1.48 bits per heavy atom. The summed E-state index contributed by atoms with van der Waals surface area (Å²) in [5.41, 5.74) is 2.82. The zero-order valence-corrected chi connectivity index (χ0v) is 32.3. The fourth-order valence-electron chi connectivity index (χ4n) is 8.83. The molecular weight excluding hydrogens is 741 g/mol. The van der Waals surface area contributed by atoms with E-state index in [1.807, 2.05) is 65.6 Å². The molecule has 8 rings (SSSR count). The predicted molar refractivity (Wildman–Crippen MR) is 213 cm³/mol. The van der Waals surface area contributed by atoms with Crippen LogP contribution in [0.3, 0.4) is 0 Å². The molecule has 0 spiro atoms. The van der Waals surface area contributed by atoms with Crippen molar-refractivity contribution >= 4 is 52.3 Å². The molecule has 4 N–H and O–H groups in total. The van der Waals surface area contributed by atoms with Crippen LogP contribution in [0.1, 0.15) is 66.4 Å². The molecule has 1 aromatic heterocycles. The number of likely N-dealkylation sites (N-methyl/N-ethyl adjacent to an activating group) is 1. The lowest BCUT2D eigenvalue weighted by atomic mass is 9.73. The van der Waals surface area contributed by atoms with Gasteiger partial charge in [-0.1, -0.05) is 78.9 Å². The molecule has 14 heteroatoms. The second-order valence-electron chi connectivity index (χ2n) is 15.6. The van der Waals surface area contributed by atoms with Gasteiger partial charge < -0.3 is 20.6 Å². The van der Waals surface area contributed by atoms with Crippen LogP contribution >= 0.6 is 0 Å². The molecule has 4 atom stereocenters. The highest BCUT2D eigenvalue weighted by Gasteiger charge is 2.52. The number of carboxylic acids is 1. The number of carbonyl (C=O) groups is 7. The number of para-hydroxylation sites is 1. The van der Waals surface area contributed by atoms with Crippen LogP contribution < -0.4 is 16.0 Å². The van der Waals surface area contributed by atoms with Gasteiger partial charge >= 0.3 is 5.97 Å². The lowest BCUT2D eigenvalue weighted by Crippen LogP contribution is -2.71. The number of aromatic nitrogens is 1. The molecule has 4 fully saturated rings. The smallest absolute Gasteiger partial charge is 0.303 e. The minimum absolute atomic E-state index is 0.0527. The highest BCUT2D eigenvalue weighted by atomic mass is 16.4. The van der Waals surface area contributed by atoms with Crippen LogP contribution in [0.2, 0.25) is 0 Å². The van der Waals surface area contributed by atoms with Crippen molar-refractivity contribution in [3.8, 4) is 0 Å². The zero-order valence-electron chi connectivity index (χ0n) is 32.3. The monoisotopic (exact) mass is 788 g/mol. The molecule has 4 heterocycles. The Labute approximate surface area is 335 Å². The SMILES string of the molecule is CN(Cc1ccccc1)C(Cc1ccccc1)C(=O)NC(=O)C(Cc1cn(C(=O)CCC(=O)O)c2ccccc12)NC(=O)CC1NC(=O)C2C3CCC(CC3)N2C1=O. The van der Waals surface area contributed by atoms with Crippen LogP contribution in [-0.4, -0.2) is 98.1 Å². The minimum Gasteiger partial charge on any atom is -0.481 e. The van der Waals surface area contributed by atoms with Gasteiger partial charge in [-0.25, -0.2) is 0 Å². The number of piperidine rings is 2. The van der Waals surface area contributed by atoms with Crippen molar-refractivity contribution in [1.29, 1.82) is 0 Å². The lowest BCUT2D eigenvalue weighted by molar-refractivity contribution is -0.163. The summed E-state index contributed by atoms with van der Waals surface area (Å²) < 4.78 is 1.34. The van der Waals surface area contributed by atoms with Crippen LogP contribution in [0.25, 0.3) is 10.9 Å². The molecule has 5 amide bonds. The number of fused-ring (bicyclic) bond motifs is 3. The summed E-state index contributed by atoms with van der Waals surface area (Å²) in [6.45, 7) is 0.413. The van der Waals surface area contributed by atoms with E-state index in [9.17, 15) is 38.7 Å². The van der Waals surface area contributed by atoms with Crippen molar-refractivity contribution in [2.45, 2.75) is 94.5 Å². The number of hydrogen-bond acceptors (Lipinski definition) is 8. The van der Waals surface area contributed by atoms with Gasteiger partial charge in [-0.05, 0) is 67.8 Å². The molecule has 3 aliphatic heterocycles. The van der Waals surface area contributed by atoms with E-state index in [1.54, 1.807) is 36.2 Å². The Kier molecular flexibility index (Phi) is 12.1. The number of aliphatic carboxylic acids is 1. The summed E-state index contributed by atoms with van der Waals surface area (Å²) in [6.07, 6.45) is 3.98. The van der Waals surface area contributed by atoms with Crippen molar-refractivity contribution in [3.63, 3.8) is 0 Å². The molecule has 0 radical (unpaired) electrons. The summed E-state index contributed by atoms with van der Waals surface area (Å²) >= 11 is 0. The number of imide groups is 1. The normalized spacial score (nSPS) is 20.9. The fraction of sp³-hybridized carbons (Fsp3) is 0.386. The number of hydrogen-bond donors (Lipinski definition) is 4. The van der Waals surface area contributed by atoms with Crippen LogP contribution in [0, 0.1) is 5.92 Å². The first kappa shape index (κ1) is 40.1. The van der Waals surface area contributed by atoms with Crippen molar-refractivity contribution in [2.75, 3.05) is 7.05 Å². The number of nitrogens with zero attached hydrogens (tertiary/aromatic N) is 3. The van der Waals surface area contributed by atoms with Gasteiger partial charge in [-0.3, -0.25) is 48.3 Å². The number of carbonyl (C=O) groups excluding carboxylic acids is 6. The summed E-state index contributed by atoms with van der Waals surface area (Å²) in [4.78, 5) is 97.4. The number of amides is 5. The zero-order chi connectivity index (χ0) is 40.9. The van der Waals surface area contributed by atoms with Gasteiger partial charge in [-0.15, -0.1) is 0 Å². The molecule has 302 valence electrons. The predicted octanol–water partition coefficient (Wildman–Crippen LogP) is 3.22. The first-order chi connectivity index (χ1) is 28.0. The quantitative estimate of drug-likeness (QED) is 0.140. The van der Waals surface area contributed by atoms with E-state index in [0.717, 1.165) is 36.8 Å². The average molecular weight is 789 g/mol. The standard InChI is InChI=1S/C44H48N6O8/c1-48(25-28-12-6-3-7-13-28)36(22-27-10-4-2-5-11-27)42(56)47-41(55)33(23-30-26-49(38(52)20-21-39(53)54)35-15-9-8-14-32(30)35)45-37(51)24-34-44(58)50-31-18-16-29(17-19-31)40(50)43(57)46-34/h2-15,26,29,31,33-34,36,40H,16-25H2,1H3,(H,45,51)(H,46,57)(H,53,54)(H,47,55,56). The maximum atomic E-state index is 14.3. The topological polar surface area (TPSA) is 187 Å². The average Bonchev–Trinajstić information content (AvgIpc) is 3.59. The van der Waals surface area contributed by atoms with E-state index in [2.05, 4.69) is 16.0 Å². The number of rotatable bonds is 15. The Morgan fingerprint density at radius 3 is 2.17 bits per heavy atom. The van der Waals surface area contributed by atoms with Crippen LogP contribution in [0.5, 0.6) is 0 Å².